The first-order valence-corrected chi connectivity index (χ1v) is 8.16. The summed E-state index contributed by atoms with van der Waals surface area (Å²) in [6.45, 7) is 7.93. The molecule has 4 nitrogen and oxygen atoms in total. The Hall–Kier alpha value is -0.820. The Kier molecular flexibility index (Phi) is 4.35. The summed E-state index contributed by atoms with van der Waals surface area (Å²) in [5.41, 5.74) is 2.03. The lowest BCUT2D eigenvalue weighted by Crippen LogP contribution is -2.40. The number of imidazole rings is 1. The second-order valence-electron chi connectivity index (χ2n) is 5.41. The lowest BCUT2D eigenvalue weighted by Gasteiger charge is -2.26. The molecule has 0 amide bonds. The standard InChI is InChI=1S/C13H19N3OS2/c1-9(16-19(17)13(2,3)4)12-5-10(7-18-12)11-6-14-8-15-11/h5-9,16H,1-4H3,(H,14,15)/t9-,19-/m1/s1. The molecule has 0 unspecified atom stereocenters. The molecule has 0 aliphatic carbocycles. The molecule has 104 valence electrons. The van der Waals surface area contributed by atoms with Crippen LogP contribution in [0.2, 0.25) is 0 Å². The highest BCUT2D eigenvalue weighted by Gasteiger charge is 2.28. The largest absolute Gasteiger partial charge is 0.598 e. The van der Waals surface area contributed by atoms with E-state index >= 15 is 0 Å². The van der Waals surface area contributed by atoms with Gasteiger partial charge in [-0.1, -0.05) is 0 Å². The Morgan fingerprint density at radius 1 is 1.47 bits per heavy atom. The van der Waals surface area contributed by atoms with Gasteiger partial charge >= 0.3 is 0 Å². The number of nitrogens with one attached hydrogen (secondary N) is 2. The van der Waals surface area contributed by atoms with E-state index in [1.54, 1.807) is 17.7 Å². The monoisotopic (exact) mass is 297 g/mol. The summed E-state index contributed by atoms with van der Waals surface area (Å²) in [7, 11) is 0. The van der Waals surface area contributed by atoms with Gasteiger partial charge in [0.2, 0.25) is 0 Å². The van der Waals surface area contributed by atoms with Crippen LogP contribution in [0.25, 0.3) is 11.3 Å². The van der Waals surface area contributed by atoms with E-state index in [0.29, 0.717) is 0 Å². The summed E-state index contributed by atoms with van der Waals surface area (Å²) in [6.07, 6.45) is 3.54. The average molecular weight is 297 g/mol. The molecule has 2 atom stereocenters. The molecule has 0 radical (unpaired) electrons. The Morgan fingerprint density at radius 3 is 2.79 bits per heavy atom. The number of aromatic nitrogens is 2. The summed E-state index contributed by atoms with van der Waals surface area (Å²) < 4.78 is 15.0. The fourth-order valence-corrected chi connectivity index (χ4v) is 3.31. The molecule has 2 rings (SSSR count). The molecule has 0 bridgehead atoms. The van der Waals surface area contributed by atoms with Gasteiger partial charge in [0.05, 0.1) is 18.1 Å². The molecule has 2 heterocycles. The van der Waals surface area contributed by atoms with E-state index in [9.17, 15) is 4.55 Å². The second-order valence-corrected chi connectivity index (χ2v) is 8.35. The number of rotatable bonds is 4. The zero-order valence-electron chi connectivity index (χ0n) is 11.6. The first kappa shape index (κ1) is 14.6. The lowest BCUT2D eigenvalue weighted by atomic mass is 10.2. The maximum absolute atomic E-state index is 12.1. The number of aromatic amines is 1. The fourth-order valence-electron chi connectivity index (χ4n) is 1.53. The maximum atomic E-state index is 12.1. The van der Waals surface area contributed by atoms with Gasteiger partial charge in [-0.2, -0.15) is 0 Å². The van der Waals surface area contributed by atoms with E-state index in [-0.39, 0.29) is 10.8 Å². The van der Waals surface area contributed by atoms with Crippen LogP contribution in [0.4, 0.5) is 0 Å². The van der Waals surface area contributed by atoms with E-state index < -0.39 is 11.4 Å². The Labute approximate surface area is 121 Å². The van der Waals surface area contributed by atoms with Crippen LogP contribution in [-0.4, -0.2) is 19.3 Å². The minimum absolute atomic E-state index is 0.0674. The summed E-state index contributed by atoms with van der Waals surface area (Å²) in [5.74, 6) is 0. The molecule has 0 aliphatic rings. The maximum Gasteiger partial charge on any atom is 0.136 e. The molecule has 0 saturated carbocycles. The van der Waals surface area contributed by atoms with Gasteiger partial charge in [0, 0.05) is 33.4 Å². The van der Waals surface area contributed by atoms with Crippen molar-refractivity contribution in [2.75, 3.05) is 0 Å². The van der Waals surface area contributed by atoms with Gasteiger partial charge in [-0.05, 0) is 33.8 Å². The third-order valence-corrected chi connectivity index (χ3v) is 5.48. The molecule has 0 fully saturated rings. The third kappa shape index (κ3) is 3.60. The molecule has 0 aromatic carbocycles. The molecule has 0 saturated heterocycles. The van der Waals surface area contributed by atoms with E-state index in [4.69, 9.17) is 0 Å². The summed E-state index contributed by atoms with van der Waals surface area (Å²) in [4.78, 5) is 8.34. The highest BCUT2D eigenvalue weighted by atomic mass is 32.2. The number of hydrogen-bond acceptors (Lipinski definition) is 4. The fraction of sp³-hybridized carbons (Fsp3) is 0.462. The van der Waals surface area contributed by atoms with Gasteiger partial charge in [0.1, 0.15) is 4.75 Å². The van der Waals surface area contributed by atoms with Gasteiger partial charge in [0.15, 0.2) is 0 Å². The van der Waals surface area contributed by atoms with Gasteiger partial charge in [0.25, 0.3) is 0 Å². The molecular weight excluding hydrogens is 278 g/mol. The number of H-pyrrole nitrogens is 1. The number of nitrogens with zero attached hydrogens (tertiary/aromatic N) is 1. The van der Waals surface area contributed by atoms with Crippen LogP contribution in [0.5, 0.6) is 0 Å². The smallest absolute Gasteiger partial charge is 0.136 e. The van der Waals surface area contributed by atoms with E-state index in [1.807, 2.05) is 33.9 Å². The first-order valence-electron chi connectivity index (χ1n) is 6.13. The lowest BCUT2D eigenvalue weighted by molar-refractivity contribution is 0.532. The topological polar surface area (TPSA) is 63.8 Å². The van der Waals surface area contributed by atoms with Crippen LogP contribution in [0.15, 0.2) is 24.0 Å². The Morgan fingerprint density at radius 2 is 2.21 bits per heavy atom. The molecular formula is C13H19N3OS2. The van der Waals surface area contributed by atoms with Gasteiger partial charge in [-0.15, -0.1) is 16.1 Å². The number of hydrogen-bond donors (Lipinski definition) is 2. The average Bonchev–Trinajstić information content (AvgIpc) is 2.98. The molecule has 2 aromatic rings. The van der Waals surface area contributed by atoms with Crippen molar-refractivity contribution in [3.8, 4) is 11.3 Å². The Balaban J connectivity index is 2.06. The first-order chi connectivity index (χ1) is 8.88. The second kappa shape index (κ2) is 5.66. The minimum Gasteiger partial charge on any atom is -0.598 e. The van der Waals surface area contributed by atoms with Gasteiger partial charge < -0.3 is 9.54 Å². The predicted octanol–water partition coefficient (Wildman–Crippen LogP) is 3.25. The quantitative estimate of drug-likeness (QED) is 0.851. The normalized spacial score (nSPS) is 15.4. The predicted molar refractivity (Wildman–Crippen MR) is 81.3 cm³/mol. The van der Waals surface area contributed by atoms with Crippen LogP contribution in [0.3, 0.4) is 0 Å². The van der Waals surface area contributed by atoms with Crippen molar-refractivity contribution in [2.45, 2.75) is 38.5 Å². The molecule has 6 heteroatoms. The SMILES string of the molecule is C[C@@H](N[S@+]([O-])C(C)(C)C)c1cc(-c2c[nH]cn2)cs1. The van der Waals surface area contributed by atoms with Gasteiger partial charge in [-0.25, -0.2) is 4.98 Å². The van der Waals surface area contributed by atoms with Crippen LogP contribution >= 0.6 is 11.3 Å². The zero-order valence-corrected chi connectivity index (χ0v) is 13.2. The summed E-state index contributed by atoms with van der Waals surface area (Å²) in [6, 6.07) is 2.16. The van der Waals surface area contributed by atoms with Crippen molar-refractivity contribution in [3.05, 3.63) is 28.8 Å². The highest BCUT2D eigenvalue weighted by Crippen LogP contribution is 2.29. The van der Waals surface area contributed by atoms with Crippen LogP contribution < -0.4 is 4.72 Å². The Bertz CT molecular complexity index is 516. The van der Waals surface area contributed by atoms with Crippen LogP contribution in [0.1, 0.15) is 38.6 Å². The van der Waals surface area contributed by atoms with Crippen LogP contribution in [-0.2, 0) is 11.4 Å². The van der Waals surface area contributed by atoms with E-state index in [2.05, 4.69) is 26.1 Å². The van der Waals surface area contributed by atoms with Crippen LogP contribution in [0, 0.1) is 0 Å². The molecule has 2 N–H and O–H groups in total. The van der Waals surface area contributed by atoms with Crippen molar-refractivity contribution >= 4 is 22.7 Å². The minimum atomic E-state index is -1.06. The molecule has 0 aliphatic heterocycles. The molecule has 0 spiro atoms. The zero-order chi connectivity index (χ0) is 14.0. The van der Waals surface area contributed by atoms with Crippen molar-refractivity contribution < 1.29 is 4.55 Å². The molecule has 2 aromatic heterocycles. The number of thiophene rings is 1. The van der Waals surface area contributed by atoms with Crippen molar-refractivity contribution in [2.24, 2.45) is 0 Å². The van der Waals surface area contributed by atoms with Crippen molar-refractivity contribution in [1.29, 1.82) is 0 Å². The van der Waals surface area contributed by atoms with Crippen molar-refractivity contribution in [1.82, 2.24) is 14.7 Å². The summed E-state index contributed by atoms with van der Waals surface area (Å²) >= 11 is 0.597. The third-order valence-electron chi connectivity index (χ3n) is 2.68. The van der Waals surface area contributed by atoms with Gasteiger partial charge in [-0.3, -0.25) is 0 Å². The highest BCUT2D eigenvalue weighted by molar-refractivity contribution is 7.90. The van der Waals surface area contributed by atoms with E-state index in [1.165, 1.54) is 0 Å². The van der Waals surface area contributed by atoms with E-state index in [0.717, 1.165) is 16.1 Å². The van der Waals surface area contributed by atoms with Crippen molar-refractivity contribution in [3.63, 3.8) is 0 Å². The molecule has 19 heavy (non-hydrogen) atoms. The summed E-state index contributed by atoms with van der Waals surface area (Å²) in [5, 5.41) is 2.07.